The first kappa shape index (κ1) is 16.1. The molecule has 1 N–H and O–H groups in total. The van der Waals surface area contributed by atoms with Crippen LogP contribution in [0.1, 0.15) is 31.4 Å². The van der Waals surface area contributed by atoms with Crippen molar-refractivity contribution in [2.75, 3.05) is 13.1 Å². The van der Waals surface area contributed by atoms with Crippen LogP contribution in [0.25, 0.3) is 0 Å². The number of nitrogens with one attached hydrogen (secondary N) is 1. The second kappa shape index (κ2) is 8.20. The first-order valence-electron chi connectivity index (χ1n) is 7.60. The molecule has 0 radical (unpaired) electrons. The number of hydrogen-bond donors (Lipinski definition) is 1. The van der Waals surface area contributed by atoms with E-state index in [0.717, 1.165) is 37.5 Å². The molecule has 21 heavy (non-hydrogen) atoms. The lowest BCUT2D eigenvalue weighted by Crippen LogP contribution is -2.20. The molecule has 0 bridgehead atoms. The molecule has 114 valence electrons. The Balaban J connectivity index is 1.76. The summed E-state index contributed by atoms with van der Waals surface area (Å²) < 4.78 is 1.97. The molecule has 0 amide bonds. The maximum absolute atomic E-state index is 6.00. The van der Waals surface area contributed by atoms with E-state index in [1.807, 2.05) is 29.1 Å². The Kier molecular flexibility index (Phi) is 6.27. The van der Waals surface area contributed by atoms with Gasteiger partial charge in [0.2, 0.25) is 0 Å². The average Bonchev–Trinajstić information content (AvgIpc) is 2.85. The molecule has 0 aliphatic rings. The Bertz CT molecular complexity index is 548. The molecule has 0 fully saturated rings. The Labute approximate surface area is 132 Å². The van der Waals surface area contributed by atoms with Crippen molar-refractivity contribution in [3.05, 3.63) is 52.8 Å². The van der Waals surface area contributed by atoms with E-state index in [2.05, 4.69) is 36.5 Å². The van der Waals surface area contributed by atoms with E-state index in [0.29, 0.717) is 5.92 Å². The van der Waals surface area contributed by atoms with E-state index in [1.54, 1.807) is 0 Å². The van der Waals surface area contributed by atoms with Crippen LogP contribution in [-0.2, 0) is 13.0 Å². The van der Waals surface area contributed by atoms with Crippen LogP contribution in [-0.4, -0.2) is 22.9 Å². The molecule has 0 unspecified atom stereocenters. The number of halogens is 1. The van der Waals surface area contributed by atoms with Crippen LogP contribution < -0.4 is 5.32 Å². The summed E-state index contributed by atoms with van der Waals surface area (Å²) in [5.74, 6) is 0.713. The molecule has 0 aliphatic heterocycles. The molecule has 3 nitrogen and oxygen atoms in total. The summed E-state index contributed by atoms with van der Waals surface area (Å²) >= 11 is 6.00. The maximum Gasteiger partial charge on any atom is 0.0659 e. The van der Waals surface area contributed by atoms with Crippen molar-refractivity contribution in [1.29, 1.82) is 0 Å². The quantitative estimate of drug-likeness (QED) is 0.753. The van der Waals surface area contributed by atoms with Crippen molar-refractivity contribution in [2.45, 2.75) is 33.2 Å². The predicted molar refractivity (Wildman–Crippen MR) is 88.8 cm³/mol. The van der Waals surface area contributed by atoms with Gasteiger partial charge < -0.3 is 5.32 Å². The lowest BCUT2D eigenvalue weighted by molar-refractivity contribution is 0.543. The molecule has 4 heteroatoms. The molecular weight excluding hydrogens is 282 g/mol. The van der Waals surface area contributed by atoms with Crippen LogP contribution in [0, 0.1) is 5.92 Å². The van der Waals surface area contributed by atoms with Crippen molar-refractivity contribution < 1.29 is 0 Å². The number of rotatable bonds is 8. The van der Waals surface area contributed by atoms with Gasteiger partial charge in [0.1, 0.15) is 0 Å². The van der Waals surface area contributed by atoms with Crippen LogP contribution in [0.3, 0.4) is 0 Å². The van der Waals surface area contributed by atoms with Gasteiger partial charge in [0, 0.05) is 11.2 Å². The third-order valence-corrected chi connectivity index (χ3v) is 3.53. The number of aryl methyl sites for hydroxylation is 1. The molecular formula is C17H24ClN3. The zero-order valence-electron chi connectivity index (χ0n) is 12.8. The van der Waals surface area contributed by atoms with Crippen LogP contribution in [0.2, 0.25) is 5.02 Å². The molecule has 0 aliphatic carbocycles. The fourth-order valence-electron chi connectivity index (χ4n) is 2.25. The lowest BCUT2D eigenvalue weighted by atomic mass is 10.2. The molecule has 1 heterocycles. The minimum Gasteiger partial charge on any atom is -0.316 e. The van der Waals surface area contributed by atoms with Crippen LogP contribution >= 0.6 is 11.6 Å². The van der Waals surface area contributed by atoms with Crippen molar-refractivity contribution in [1.82, 2.24) is 15.1 Å². The predicted octanol–water partition coefficient (Wildman–Crippen LogP) is 3.76. The van der Waals surface area contributed by atoms with Gasteiger partial charge in [-0.1, -0.05) is 37.6 Å². The van der Waals surface area contributed by atoms with Gasteiger partial charge in [-0.3, -0.25) is 4.68 Å². The van der Waals surface area contributed by atoms with Crippen molar-refractivity contribution in [3.63, 3.8) is 0 Å². The third kappa shape index (κ3) is 5.90. The first-order chi connectivity index (χ1) is 10.1. The fraction of sp³-hybridized carbons (Fsp3) is 0.471. The Morgan fingerprint density at radius 2 is 2.14 bits per heavy atom. The summed E-state index contributed by atoms with van der Waals surface area (Å²) in [6.45, 7) is 7.39. The third-order valence-electron chi connectivity index (χ3n) is 3.29. The summed E-state index contributed by atoms with van der Waals surface area (Å²) in [5.41, 5.74) is 2.47. The fourth-order valence-corrected chi connectivity index (χ4v) is 2.47. The zero-order chi connectivity index (χ0) is 15.1. The Morgan fingerprint density at radius 3 is 2.90 bits per heavy atom. The summed E-state index contributed by atoms with van der Waals surface area (Å²) in [7, 11) is 0. The zero-order valence-corrected chi connectivity index (χ0v) is 13.6. The molecule has 0 spiro atoms. The minimum absolute atomic E-state index is 0.713. The van der Waals surface area contributed by atoms with Crippen LogP contribution in [0.15, 0.2) is 36.7 Å². The van der Waals surface area contributed by atoms with Gasteiger partial charge in [-0.25, -0.2) is 0 Å². The topological polar surface area (TPSA) is 29.9 Å². The Hall–Kier alpha value is -1.32. The number of nitrogens with zero attached hydrogens (tertiary/aromatic N) is 2. The van der Waals surface area contributed by atoms with E-state index in [1.165, 1.54) is 11.1 Å². The molecule has 2 aromatic rings. The first-order valence-corrected chi connectivity index (χ1v) is 7.98. The molecule has 0 atom stereocenters. The highest BCUT2D eigenvalue weighted by Crippen LogP contribution is 2.12. The SMILES string of the molecule is CC(C)CNCCCc1cnn(Cc2cccc(Cl)c2)c1. The largest absolute Gasteiger partial charge is 0.316 e. The maximum atomic E-state index is 6.00. The second-order valence-electron chi connectivity index (χ2n) is 5.88. The van der Waals surface area contributed by atoms with E-state index < -0.39 is 0 Å². The molecule has 0 saturated carbocycles. The molecule has 0 saturated heterocycles. The minimum atomic E-state index is 0.713. The van der Waals surface area contributed by atoms with Gasteiger partial charge in [0.25, 0.3) is 0 Å². The highest BCUT2D eigenvalue weighted by molar-refractivity contribution is 6.30. The van der Waals surface area contributed by atoms with E-state index in [-0.39, 0.29) is 0 Å². The molecule has 1 aromatic heterocycles. The average molecular weight is 306 g/mol. The normalized spacial score (nSPS) is 11.2. The lowest BCUT2D eigenvalue weighted by Gasteiger charge is -2.06. The summed E-state index contributed by atoms with van der Waals surface area (Å²) in [6, 6.07) is 7.92. The summed E-state index contributed by atoms with van der Waals surface area (Å²) in [6.07, 6.45) is 6.31. The van der Waals surface area contributed by atoms with Gasteiger partial charge >= 0.3 is 0 Å². The van der Waals surface area contributed by atoms with Crippen molar-refractivity contribution in [2.24, 2.45) is 5.92 Å². The molecule has 2 rings (SSSR count). The van der Waals surface area contributed by atoms with E-state index >= 15 is 0 Å². The van der Waals surface area contributed by atoms with Gasteiger partial charge in [0.05, 0.1) is 12.7 Å². The smallest absolute Gasteiger partial charge is 0.0659 e. The number of hydrogen-bond acceptors (Lipinski definition) is 2. The summed E-state index contributed by atoms with van der Waals surface area (Å²) in [5, 5.41) is 8.66. The highest BCUT2D eigenvalue weighted by Gasteiger charge is 2.01. The Morgan fingerprint density at radius 1 is 1.29 bits per heavy atom. The van der Waals surface area contributed by atoms with Gasteiger partial charge in [-0.15, -0.1) is 0 Å². The summed E-state index contributed by atoms with van der Waals surface area (Å²) in [4.78, 5) is 0. The van der Waals surface area contributed by atoms with Crippen molar-refractivity contribution in [3.8, 4) is 0 Å². The number of benzene rings is 1. The van der Waals surface area contributed by atoms with Crippen molar-refractivity contribution >= 4 is 11.6 Å². The number of aromatic nitrogens is 2. The van der Waals surface area contributed by atoms with Crippen LogP contribution in [0.5, 0.6) is 0 Å². The van der Waals surface area contributed by atoms with Gasteiger partial charge in [-0.05, 0) is 55.1 Å². The van der Waals surface area contributed by atoms with Gasteiger partial charge in [0.15, 0.2) is 0 Å². The monoisotopic (exact) mass is 305 g/mol. The highest BCUT2D eigenvalue weighted by atomic mass is 35.5. The van der Waals surface area contributed by atoms with Crippen LogP contribution in [0.4, 0.5) is 0 Å². The van der Waals surface area contributed by atoms with E-state index in [4.69, 9.17) is 11.6 Å². The van der Waals surface area contributed by atoms with E-state index in [9.17, 15) is 0 Å². The molecule has 1 aromatic carbocycles. The standard InChI is InChI=1S/C17H24ClN3/c1-14(2)10-19-8-4-6-16-11-20-21(13-16)12-15-5-3-7-17(18)9-15/h3,5,7,9,11,13-14,19H,4,6,8,10,12H2,1-2H3. The second-order valence-corrected chi connectivity index (χ2v) is 6.31. The van der Waals surface area contributed by atoms with Gasteiger partial charge in [-0.2, -0.15) is 5.10 Å².